The zero-order valence-corrected chi connectivity index (χ0v) is 14.6. The van der Waals surface area contributed by atoms with Crippen LogP contribution in [0, 0.1) is 17.2 Å². The van der Waals surface area contributed by atoms with Crippen molar-refractivity contribution in [2.75, 3.05) is 13.6 Å². The van der Waals surface area contributed by atoms with Crippen molar-refractivity contribution in [1.82, 2.24) is 5.32 Å². The molecule has 1 aromatic carbocycles. The van der Waals surface area contributed by atoms with E-state index in [-0.39, 0.29) is 11.8 Å². The predicted octanol–water partition coefficient (Wildman–Crippen LogP) is 1.63. The van der Waals surface area contributed by atoms with E-state index in [0.29, 0.717) is 12.6 Å². The largest absolute Gasteiger partial charge is 0.333 e. The Morgan fingerprint density at radius 1 is 1.48 bits per heavy atom. The Bertz CT molecular complexity index is 605. The molecule has 2 N–H and O–H groups in total. The lowest BCUT2D eigenvalue weighted by atomic mass is 9.87. The first-order valence-electron chi connectivity index (χ1n) is 8.49. The number of amides is 1. The first-order valence-corrected chi connectivity index (χ1v) is 8.49. The molecule has 0 radical (unpaired) electrons. The van der Waals surface area contributed by atoms with Gasteiger partial charge in [-0.25, -0.2) is 0 Å². The summed E-state index contributed by atoms with van der Waals surface area (Å²) in [4.78, 5) is 13.6. The maximum Gasteiger partial charge on any atom is 0.276 e. The maximum absolute atomic E-state index is 12.4. The van der Waals surface area contributed by atoms with Crippen molar-refractivity contribution in [3.8, 4) is 6.07 Å². The summed E-state index contributed by atoms with van der Waals surface area (Å²) in [6, 6.07) is 11.1. The van der Waals surface area contributed by atoms with Crippen molar-refractivity contribution in [3.63, 3.8) is 0 Å². The second-order valence-electron chi connectivity index (χ2n) is 7.18. The van der Waals surface area contributed by atoms with Crippen LogP contribution in [0.2, 0.25) is 0 Å². The molecular formula is C19H28N3O+. The van der Waals surface area contributed by atoms with Crippen LogP contribution in [0.3, 0.4) is 0 Å². The van der Waals surface area contributed by atoms with Gasteiger partial charge < -0.3 is 10.2 Å². The van der Waals surface area contributed by atoms with Gasteiger partial charge in [0.05, 0.1) is 13.1 Å². The fourth-order valence-electron chi connectivity index (χ4n) is 3.28. The number of nitrogens with zero attached hydrogens (tertiary/aromatic N) is 1. The molecule has 0 saturated carbocycles. The quantitative estimate of drug-likeness (QED) is 0.868. The highest BCUT2D eigenvalue weighted by molar-refractivity contribution is 5.78. The standard InChI is InChI=1S/C19H27N3O/c1-14(2)19(3,13-20)21-18(23)12-22(4)17-11-7-9-15-8-5-6-10-16(15)17/h5-6,8,10,14,17H,7,9,11-12H2,1-4H3,(H,21,23)/p+1/t17-,19+/m1/s1. The van der Waals surface area contributed by atoms with Gasteiger partial charge in [0.1, 0.15) is 11.6 Å². The summed E-state index contributed by atoms with van der Waals surface area (Å²) in [5.74, 6) is 0.0236. The van der Waals surface area contributed by atoms with Crippen molar-refractivity contribution < 1.29 is 9.69 Å². The highest BCUT2D eigenvalue weighted by atomic mass is 16.2. The lowest BCUT2D eigenvalue weighted by molar-refractivity contribution is -0.905. The summed E-state index contributed by atoms with van der Waals surface area (Å²) in [5, 5.41) is 12.3. The number of quaternary nitrogens is 1. The second kappa shape index (κ2) is 7.14. The van der Waals surface area contributed by atoms with Gasteiger partial charge in [-0.2, -0.15) is 5.26 Å². The molecular weight excluding hydrogens is 286 g/mol. The first kappa shape index (κ1) is 17.5. The third-order valence-corrected chi connectivity index (χ3v) is 5.19. The van der Waals surface area contributed by atoms with Crippen LogP contribution < -0.4 is 10.2 Å². The fourth-order valence-corrected chi connectivity index (χ4v) is 3.28. The van der Waals surface area contributed by atoms with Gasteiger partial charge >= 0.3 is 0 Å². The predicted molar refractivity (Wildman–Crippen MR) is 90.9 cm³/mol. The van der Waals surface area contributed by atoms with Gasteiger partial charge in [-0.1, -0.05) is 38.1 Å². The molecule has 2 rings (SSSR count). The van der Waals surface area contributed by atoms with Crippen LogP contribution in [0.4, 0.5) is 0 Å². The number of likely N-dealkylation sites (N-methyl/N-ethyl adjacent to an activating group) is 1. The molecule has 23 heavy (non-hydrogen) atoms. The van der Waals surface area contributed by atoms with Gasteiger partial charge in [0.15, 0.2) is 6.54 Å². The number of nitrogens with one attached hydrogen (secondary N) is 2. The van der Waals surface area contributed by atoms with Crippen LogP contribution in [0.25, 0.3) is 0 Å². The Hall–Kier alpha value is -1.86. The summed E-state index contributed by atoms with van der Waals surface area (Å²) in [6.45, 7) is 6.10. The van der Waals surface area contributed by atoms with E-state index in [9.17, 15) is 10.1 Å². The third-order valence-electron chi connectivity index (χ3n) is 5.19. The third kappa shape index (κ3) is 3.92. The molecule has 0 saturated heterocycles. The van der Waals surface area contributed by atoms with Crippen LogP contribution in [0.5, 0.6) is 0 Å². The van der Waals surface area contributed by atoms with Crippen molar-refractivity contribution in [1.29, 1.82) is 5.26 Å². The van der Waals surface area contributed by atoms with E-state index in [1.54, 1.807) is 6.92 Å². The number of aryl methyl sites for hydroxylation is 1. The molecule has 1 amide bonds. The zero-order chi connectivity index (χ0) is 17.0. The molecule has 1 aliphatic rings. The SMILES string of the molecule is CC(C)[C@](C)(C#N)NC(=O)C[NH+](C)[C@@H]1CCCc2ccccc21. The molecule has 1 aromatic rings. The molecule has 0 heterocycles. The normalized spacial score (nSPS) is 21.0. The molecule has 0 aromatic heterocycles. The molecule has 0 aliphatic heterocycles. The van der Waals surface area contributed by atoms with Crippen molar-refractivity contribution in [2.45, 2.75) is 51.6 Å². The van der Waals surface area contributed by atoms with Gasteiger partial charge in [-0.15, -0.1) is 0 Å². The van der Waals surface area contributed by atoms with Gasteiger partial charge in [-0.05, 0) is 31.2 Å². The number of carbonyl (C=O) groups excluding carboxylic acids is 1. The molecule has 4 nitrogen and oxygen atoms in total. The number of benzene rings is 1. The van der Waals surface area contributed by atoms with Crippen LogP contribution in [-0.4, -0.2) is 25.0 Å². The highest BCUT2D eigenvalue weighted by Gasteiger charge is 2.33. The topological polar surface area (TPSA) is 57.3 Å². The average molecular weight is 314 g/mol. The highest BCUT2D eigenvalue weighted by Crippen LogP contribution is 2.27. The molecule has 0 spiro atoms. The Morgan fingerprint density at radius 2 is 2.17 bits per heavy atom. The van der Waals surface area contributed by atoms with Gasteiger partial charge in [0, 0.05) is 12.0 Å². The van der Waals surface area contributed by atoms with E-state index in [1.807, 2.05) is 13.8 Å². The summed E-state index contributed by atoms with van der Waals surface area (Å²) >= 11 is 0. The maximum atomic E-state index is 12.4. The van der Waals surface area contributed by atoms with Crippen LogP contribution >= 0.6 is 0 Å². The van der Waals surface area contributed by atoms with E-state index in [4.69, 9.17) is 0 Å². The minimum Gasteiger partial charge on any atom is -0.333 e. The van der Waals surface area contributed by atoms with Crippen molar-refractivity contribution >= 4 is 5.91 Å². The van der Waals surface area contributed by atoms with E-state index in [2.05, 4.69) is 42.7 Å². The Labute approximate surface area is 139 Å². The molecule has 0 fully saturated rings. The number of hydrogen-bond donors (Lipinski definition) is 2. The number of carbonyl (C=O) groups is 1. The van der Waals surface area contributed by atoms with Crippen molar-refractivity contribution in [2.24, 2.45) is 5.92 Å². The van der Waals surface area contributed by atoms with Crippen LogP contribution in [0.15, 0.2) is 24.3 Å². The number of rotatable bonds is 5. The molecule has 124 valence electrons. The Kier molecular flexibility index (Phi) is 5.43. The van der Waals surface area contributed by atoms with E-state index in [1.165, 1.54) is 22.4 Å². The van der Waals surface area contributed by atoms with Gasteiger partial charge in [0.25, 0.3) is 5.91 Å². The Balaban J connectivity index is 2.04. The van der Waals surface area contributed by atoms with E-state index in [0.717, 1.165) is 12.8 Å². The number of fused-ring (bicyclic) bond motifs is 1. The summed E-state index contributed by atoms with van der Waals surface area (Å²) in [7, 11) is 2.07. The fraction of sp³-hybridized carbons (Fsp3) is 0.579. The Morgan fingerprint density at radius 3 is 2.83 bits per heavy atom. The first-order chi connectivity index (χ1) is 10.9. The number of hydrogen-bond acceptors (Lipinski definition) is 2. The van der Waals surface area contributed by atoms with Gasteiger partial charge in [0.2, 0.25) is 0 Å². The van der Waals surface area contributed by atoms with Crippen molar-refractivity contribution in [3.05, 3.63) is 35.4 Å². The molecule has 4 heteroatoms. The summed E-state index contributed by atoms with van der Waals surface area (Å²) in [5.41, 5.74) is 1.98. The van der Waals surface area contributed by atoms with E-state index < -0.39 is 5.54 Å². The molecule has 1 unspecified atom stereocenters. The monoisotopic (exact) mass is 314 g/mol. The lowest BCUT2D eigenvalue weighted by Gasteiger charge is -2.32. The zero-order valence-electron chi connectivity index (χ0n) is 14.6. The van der Waals surface area contributed by atoms with Crippen LogP contribution in [0.1, 0.15) is 50.8 Å². The second-order valence-corrected chi connectivity index (χ2v) is 7.18. The summed E-state index contributed by atoms with van der Waals surface area (Å²) < 4.78 is 0. The minimum atomic E-state index is -0.804. The van der Waals surface area contributed by atoms with E-state index >= 15 is 0 Å². The molecule has 3 atom stereocenters. The smallest absolute Gasteiger partial charge is 0.276 e. The van der Waals surface area contributed by atoms with Crippen LogP contribution in [-0.2, 0) is 11.2 Å². The average Bonchev–Trinajstić information content (AvgIpc) is 2.53. The molecule has 0 bridgehead atoms. The summed E-state index contributed by atoms with van der Waals surface area (Å²) in [6.07, 6.45) is 3.41. The number of nitriles is 1. The van der Waals surface area contributed by atoms with Gasteiger partial charge in [-0.3, -0.25) is 4.79 Å². The minimum absolute atomic E-state index is 0.0525. The molecule has 1 aliphatic carbocycles. The lowest BCUT2D eigenvalue weighted by Crippen LogP contribution is -3.10.